The van der Waals surface area contributed by atoms with E-state index in [1.165, 1.54) is 25.3 Å². The maximum absolute atomic E-state index is 11.5. The third kappa shape index (κ3) is 3.07. The number of non-ortho nitro benzene ring substituents is 1. The summed E-state index contributed by atoms with van der Waals surface area (Å²) in [7, 11) is -1.66. The minimum Gasteiger partial charge on any atom is -0.496 e. The molecule has 8 heteroatoms. The van der Waals surface area contributed by atoms with Crippen LogP contribution in [0.5, 0.6) is 5.75 Å². The van der Waals surface area contributed by atoms with Crippen LogP contribution in [0.1, 0.15) is 12.0 Å². The molecule has 7 nitrogen and oxygen atoms in total. The highest BCUT2D eigenvalue weighted by Gasteiger charge is 2.39. The number of methoxy groups -OCH3 is 1. The maximum Gasteiger partial charge on any atom is 0.269 e. The van der Waals surface area contributed by atoms with Crippen molar-refractivity contribution >= 4 is 15.5 Å². The average Bonchev–Trinajstić information content (AvgIpc) is 2.63. The first-order valence-electron chi connectivity index (χ1n) is 6.05. The summed E-state index contributed by atoms with van der Waals surface area (Å²) in [6.45, 7) is 0. The predicted molar refractivity (Wildman–Crippen MR) is 73.5 cm³/mol. The zero-order valence-electron chi connectivity index (χ0n) is 11.0. The van der Waals surface area contributed by atoms with Gasteiger partial charge in [0, 0.05) is 23.2 Å². The molecule has 1 fully saturated rings. The fourth-order valence-corrected chi connectivity index (χ4v) is 4.46. The fourth-order valence-electron chi connectivity index (χ4n) is 2.48. The topological polar surface area (TPSA) is 113 Å². The van der Waals surface area contributed by atoms with Crippen LogP contribution in [0.3, 0.4) is 0 Å². The minimum absolute atomic E-state index is 0.0563. The summed E-state index contributed by atoms with van der Waals surface area (Å²) >= 11 is 0. The van der Waals surface area contributed by atoms with E-state index in [1.54, 1.807) is 0 Å². The average molecular weight is 300 g/mol. The molecule has 1 aliphatic heterocycles. The summed E-state index contributed by atoms with van der Waals surface area (Å²) in [6.07, 6.45) is 0.582. The van der Waals surface area contributed by atoms with Crippen LogP contribution in [0.25, 0.3) is 0 Å². The molecule has 1 unspecified atom stereocenters. The Morgan fingerprint density at radius 2 is 2.20 bits per heavy atom. The van der Waals surface area contributed by atoms with Gasteiger partial charge in [-0.05, 0) is 18.9 Å². The molecule has 0 aliphatic carbocycles. The van der Waals surface area contributed by atoms with Gasteiger partial charge >= 0.3 is 0 Å². The molecule has 1 aromatic rings. The molecule has 0 bridgehead atoms. The minimum atomic E-state index is -3.12. The molecule has 1 aliphatic rings. The van der Waals surface area contributed by atoms with Gasteiger partial charge in [-0.25, -0.2) is 8.42 Å². The number of nitro benzene ring substituents is 1. The van der Waals surface area contributed by atoms with Gasteiger partial charge in [0.25, 0.3) is 5.69 Å². The van der Waals surface area contributed by atoms with E-state index in [4.69, 9.17) is 10.5 Å². The highest BCUT2D eigenvalue weighted by Crippen LogP contribution is 2.31. The van der Waals surface area contributed by atoms with Gasteiger partial charge < -0.3 is 10.5 Å². The first-order valence-corrected chi connectivity index (χ1v) is 7.87. The largest absolute Gasteiger partial charge is 0.496 e. The SMILES string of the molecule is COc1ccc([N+](=O)[O-])cc1CC1(N)CCS(=O)(=O)C1. The van der Waals surface area contributed by atoms with Gasteiger partial charge in [-0.2, -0.15) is 0 Å². The van der Waals surface area contributed by atoms with E-state index in [-0.39, 0.29) is 23.6 Å². The van der Waals surface area contributed by atoms with E-state index in [0.717, 1.165) is 0 Å². The van der Waals surface area contributed by atoms with Crippen LogP contribution in [0, 0.1) is 10.1 Å². The van der Waals surface area contributed by atoms with Crippen molar-refractivity contribution < 1.29 is 18.1 Å². The summed E-state index contributed by atoms with van der Waals surface area (Å²) in [5, 5.41) is 10.8. The molecule has 1 heterocycles. The highest BCUT2D eigenvalue weighted by atomic mass is 32.2. The zero-order valence-corrected chi connectivity index (χ0v) is 11.9. The van der Waals surface area contributed by atoms with Crippen LogP contribution >= 0.6 is 0 Å². The summed E-state index contributed by atoms with van der Waals surface area (Å²) in [4.78, 5) is 10.3. The molecule has 20 heavy (non-hydrogen) atoms. The van der Waals surface area contributed by atoms with Crippen molar-refractivity contribution in [1.29, 1.82) is 0 Å². The van der Waals surface area contributed by atoms with Crippen LogP contribution < -0.4 is 10.5 Å². The van der Waals surface area contributed by atoms with Crippen LogP contribution in [0.2, 0.25) is 0 Å². The lowest BCUT2D eigenvalue weighted by Crippen LogP contribution is -2.43. The molecule has 0 aromatic heterocycles. The third-order valence-corrected chi connectivity index (χ3v) is 5.28. The van der Waals surface area contributed by atoms with Gasteiger partial charge in [-0.3, -0.25) is 10.1 Å². The van der Waals surface area contributed by atoms with Crippen LogP contribution in [-0.4, -0.2) is 37.5 Å². The van der Waals surface area contributed by atoms with Gasteiger partial charge in [-0.15, -0.1) is 0 Å². The second-order valence-corrected chi connectivity index (χ2v) is 7.32. The van der Waals surface area contributed by atoms with Crippen molar-refractivity contribution in [3.8, 4) is 5.75 Å². The molecule has 110 valence electrons. The molecule has 0 spiro atoms. The van der Waals surface area contributed by atoms with Gasteiger partial charge in [0.1, 0.15) is 5.75 Å². The van der Waals surface area contributed by atoms with E-state index in [0.29, 0.717) is 17.7 Å². The molecule has 0 saturated carbocycles. The lowest BCUT2D eigenvalue weighted by Gasteiger charge is -2.23. The Labute approximate surface area is 116 Å². The molecular formula is C12H16N2O5S. The fraction of sp³-hybridized carbons (Fsp3) is 0.500. The molecular weight excluding hydrogens is 284 g/mol. The first-order chi connectivity index (χ1) is 9.25. The van der Waals surface area contributed by atoms with Crippen molar-refractivity contribution in [3.05, 3.63) is 33.9 Å². The first kappa shape index (κ1) is 14.7. The normalized spacial score (nSPS) is 24.5. The van der Waals surface area contributed by atoms with E-state index < -0.39 is 20.3 Å². The number of nitrogens with zero attached hydrogens (tertiary/aromatic N) is 1. The summed E-state index contributed by atoms with van der Waals surface area (Å²) in [6, 6.07) is 4.23. The lowest BCUT2D eigenvalue weighted by molar-refractivity contribution is -0.384. The Morgan fingerprint density at radius 3 is 2.70 bits per heavy atom. The van der Waals surface area contributed by atoms with Crippen molar-refractivity contribution in [2.45, 2.75) is 18.4 Å². The number of nitrogens with two attached hydrogens (primary N) is 1. The second kappa shape index (κ2) is 5.02. The summed E-state index contributed by atoms with van der Waals surface area (Å²) < 4.78 is 28.3. The Morgan fingerprint density at radius 1 is 1.50 bits per heavy atom. The molecule has 2 rings (SSSR count). The Hall–Kier alpha value is -1.67. The van der Waals surface area contributed by atoms with Gasteiger partial charge in [0.2, 0.25) is 0 Å². The second-order valence-electron chi connectivity index (χ2n) is 5.13. The number of nitro groups is 1. The Bertz CT molecular complexity index is 643. The van der Waals surface area contributed by atoms with E-state index in [1.807, 2.05) is 0 Å². The highest BCUT2D eigenvalue weighted by molar-refractivity contribution is 7.91. The van der Waals surface area contributed by atoms with Crippen LogP contribution in [-0.2, 0) is 16.3 Å². The smallest absolute Gasteiger partial charge is 0.269 e. The zero-order chi connectivity index (χ0) is 15.0. The van der Waals surface area contributed by atoms with Gasteiger partial charge in [-0.1, -0.05) is 0 Å². The van der Waals surface area contributed by atoms with Crippen molar-refractivity contribution in [1.82, 2.24) is 0 Å². The number of benzene rings is 1. The number of hydrogen-bond acceptors (Lipinski definition) is 6. The molecule has 0 radical (unpaired) electrons. The number of hydrogen-bond donors (Lipinski definition) is 1. The maximum atomic E-state index is 11.5. The van der Waals surface area contributed by atoms with Crippen molar-refractivity contribution in [2.75, 3.05) is 18.6 Å². The number of rotatable bonds is 4. The quantitative estimate of drug-likeness (QED) is 0.645. The third-order valence-electron chi connectivity index (χ3n) is 3.44. The molecule has 1 atom stereocenters. The molecule has 1 saturated heterocycles. The number of sulfone groups is 1. The molecule has 1 aromatic carbocycles. The molecule has 2 N–H and O–H groups in total. The van der Waals surface area contributed by atoms with Gasteiger partial charge in [0.15, 0.2) is 9.84 Å². The van der Waals surface area contributed by atoms with Crippen LogP contribution in [0.4, 0.5) is 5.69 Å². The van der Waals surface area contributed by atoms with E-state index >= 15 is 0 Å². The summed E-state index contributed by atoms with van der Waals surface area (Å²) in [5.41, 5.74) is 5.72. The van der Waals surface area contributed by atoms with Crippen molar-refractivity contribution in [2.24, 2.45) is 5.73 Å². The number of ether oxygens (including phenoxy) is 1. The van der Waals surface area contributed by atoms with Crippen molar-refractivity contribution in [3.63, 3.8) is 0 Å². The Kier molecular flexibility index (Phi) is 3.70. The monoisotopic (exact) mass is 300 g/mol. The Balaban J connectivity index is 2.32. The van der Waals surface area contributed by atoms with E-state index in [2.05, 4.69) is 0 Å². The molecule has 0 amide bonds. The summed E-state index contributed by atoms with van der Waals surface area (Å²) in [5.74, 6) is 0.428. The van der Waals surface area contributed by atoms with Gasteiger partial charge in [0.05, 0.1) is 23.5 Å². The predicted octanol–water partition coefficient (Wildman–Crippen LogP) is 0.662. The standard InChI is InChI=1S/C12H16N2O5S/c1-19-11-3-2-10(14(15)16)6-9(11)7-12(13)4-5-20(17,18)8-12/h2-3,6H,4-5,7-8,13H2,1H3. The van der Waals surface area contributed by atoms with E-state index in [9.17, 15) is 18.5 Å². The van der Waals surface area contributed by atoms with Crippen LogP contribution in [0.15, 0.2) is 18.2 Å². The lowest BCUT2D eigenvalue weighted by atomic mass is 9.91.